The molecule has 0 heterocycles. The molecule has 0 bridgehead atoms. The van der Waals surface area contributed by atoms with E-state index in [4.69, 9.17) is 16.3 Å². The third-order valence-electron chi connectivity index (χ3n) is 2.24. The Morgan fingerprint density at radius 1 is 1.50 bits per heavy atom. The molecule has 0 radical (unpaired) electrons. The van der Waals surface area contributed by atoms with Crippen LogP contribution in [0.3, 0.4) is 0 Å². The fourth-order valence-corrected chi connectivity index (χ4v) is 1.75. The number of allylic oxidation sites excluding steroid dienone is 3. The fraction of sp³-hybridized carbons (Fsp3) is 0.545. The van der Waals surface area contributed by atoms with Crippen molar-refractivity contribution in [3.05, 3.63) is 22.3 Å². The molecule has 2 nitrogen and oxygen atoms in total. The number of esters is 1. The average Bonchev–Trinajstić information content (AvgIpc) is 2.17. The van der Waals surface area contributed by atoms with Crippen molar-refractivity contribution in [1.29, 1.82) is 0 Å². The summed E-state index contributed by atoms with van der Waals surface area (Å²) < 4.78 is 4.98. The first-order valence-corrected chi connectivity index (χ1v) is 5.32. The predicted octanol–water partition coefficient (Wildman–Crippen LogP) is 3.17. The molecule has 1 rings (SSSR count). The van der Waals surface area contributed by atoms with Crippen LogP contribution in [0.2, 0.25) is 0 Å². The summed E-state index contributed by atoms with van der Waals surface area (Å²) in [6.07, 6.45) is 4.16. The summed E-state index contributed by atoms with van der Waals surface area (Å²) in [5.74, 6) is -0.190. The smallest absolute Gasteiger partial charge is 0.334 e. The molecule has 0 N–H and O–H groups in total. The summed E-state index contributed by atoms with van der Waals surface area (Å²) in [4.78, 5) is 11.5. The molecule has 0 spiro atoms. The zero-order valence-electron chi connectivity index (χ0n) is 8.60. The molecule has 0 saturated heterocycles. The summed E-state index contributed by atoms with van der Waals surface area (Å²) in [5, 5.41) is 0.829. The maximum Gasteiger partial charge on any atom is 0.334 e. The highest BCUT2D eigenvalue weighted by Gasteiger charge is 2.18. The highest BCUT2D eigenvalue weighted by atomic mass is 35.5. The second-order valence-corrected chi connectivity index (χ2v) is 3.65. The van der Waals surface area contributed by atoms with Gasteiger partial charge in [-0.05, 0) is 37.8 Å². The van der Waals surface area contributed by atoms with Crippen molar-refractivity contribution < 1.29 is 9.53 Å². The highest BCUT2D eigenvalue weighted by molar-refractivity contribution is 6.30. The Balaban J connectivity index is 2.87. The molecule has 0 unspecified atom stereocenters. The van der Waals surface area contributed by atoms with Gasteiger partial charge in [-0.1, -0.05) is 18.5 Å². The van der Waals surface area contributed by atoms with Gasteiger partial charge >= 0.3 is 5.97 Å². The molecule has 0 aliphatic heterocycles. The third kappa shape index (κ3) is 2.61. The fourth-order valence-electron chi connectivity index (χ4n) is 1.52. The lowest BCUT2D eigenvalue weighted by atomic mass is 9.96. The van der Waals surface area contributed by atoms with Crippen LogP contribution in [0.4, 0.5) is 0 Å². The van der Waals surface area contributed by atoms with E-state index >= 15 is 0 Å². The molecule has 0 aromatic carbocycles. The predicted molar refractivity (Wildman–Crippen MR) is 57.1 cm³/mol. The minimum atomic E-state index is -0.190. The normalized spacial score (nSPS) is 16.6. The van der Waals surface area contributed by atoms with Crippen LogP contribution in [0.1, 0.15) is 33.1 Å². The highest BCUT2D eigenvalue weighted by Crippen LogP contribution is 2.28. The number of halogens is 1. The van der Waals surface area contributed by atoms with Crippen LogP contribution in [0.15, 0.2) is 22.3 Å². The van der Waals surface area contributed by atoms with Crippen LogP contribution >= 0.6 is 11.6 Å². The van der Waals surface area contributed by atoms with Crippen LogP contribution < -0.4 is 0 Å². The van der Waals surface area contributed by atoms with Crippen LogP contribution in [0.5, 0.6) is 0 Å². The van der Waals surface area contributed by atoms with E-state index in [9.17, 15) is 4.79 Å². The Kier molecular flexibility index (Phi) is 4.21. The summed E-state index contributed by atoms with van der Waals surface area (Å²) in [5.41, 5.74) is 1.80. The second kappa shape index (κ2) is 5.20. The number of hydrogen-bond donors (Lipinski definition) is 0. The van der Waals surface area contributed by atoms with Gasteiger partial charge in [0.25, 0.3) is 0 Å². The van der Waals surface area contributed by atoms with E-state index in [1.54, 1.807) is 0 Å². The van der Waals surface area contributed by atoms with E-state index in [-0.39, 0.29) is 5.97 Å². The van der Waals surface area contributed by atoms with Crippen LogP contribution in [-0.4, -0.2) is 12.6 Å². The number of carbonyl (C=O) groups is 1. The van der Waals surface area contributed by atoms with Crippen molar-refractivity contribution in [3.8, 4) is 0 Å². The first-order valence-electron chi connectivity index (χ1n) is 4.94. The lowest BCUT2D eigenvalue weighted by Gasteiger charge is -2.15. The maximum absolute atomic E-state index is 11.5. The molecule has 0 fully saturated rings. The molecular formula is C11H15ClO2. The minimum Gasteiger partial charge on any atom is -0.463 e. The molecule has 0 saturated carbocycles. The van der Waals surface area contributed by atoms with Gasteiger partial charge in [-0.15, -0.1) is 0 Å². The molecule has 14 heavy (non-hydrogen) atoms. The van der Waals surface area contributed by atoms with Crippen molar-refractivity contribution in [2.45, 2.75) is 33.1 Å². The van der Waals surface area contributed by atoms with Gasteiger partial charge in [-0.25, -0.2) is 4.79 Å². The van der Waals surface area contributed by atoms with Crippen LogP contribution in [-0.2, 0) is 9.53 Å². The first-order chi connectivity index (χ1) is 6.69. The lowest BCUT2D eigenvalue weighted by Crippen LogP contribution is -2.12. The van der Waals surface area contributed by atoms with E-state index in [0.717, 1.165) is 29.0 Å². The molecule has 1 aliphatic rings. The minimum absolute atomic E-state index is 0.190. The molecule has 78 valence electrons. The van der Waals surface area contributed by atoms with Crippen molar-refractivity contribution in [2.24, 2.45) is 0 Å². The van der Waals surface area contributed by atoms with Gasteiger partial charge < -0.3 is 4.74 Å². The van der Waals surface area contributed by atoms with Gasteiger partial charge in [0.2, 0.25) is 0 Å². The molecule has 0 aromatic rings. The second-order valence-electron chi connectivity index (χ2n) is 3.17. The topological polar surface area (TPSA) is 26.3 Å². The summed E-state index contributed by atoms with van der Waals surface area (Å²) >= 11 is 5.91. The average molecular weight is 215 g/mol. The Bertz CT molecular complexity index is 290. The van der Waals surface area contributed by atoms with Crippen molar-refractivity contribution in [2.75, 3.05) is 6.61 Å². The number of rotatable bonds is 3. The van der Waals surface area contributed by atoms with Gasteiger partial charge in [0.15, 0.2) is 0 Å². The van der Waals surface area contributed by atoms with E-state index in [1.807, 2.05) is 19.9 Å². The van der Waals surface area contributed by atoms with Gasteiger partial charge in [-0.3, -0.25) is 0 Å². The SMILES string of the molecule is CCOC(=O)C1=C(CC)C=C(Cl)CC1. The number of hydrogen-bond acceptors (Lipinski definition) is 2. The zero-order valence-corrected chi connectivity index (χ0v) is 9.36. The van der Waals surface area contributed by atoms with E-state index < -0.39 is 0 Å². The largest absolute Gasteiger partial charge is 0.463 e. The standard InChI is InChI=1S/C11H15ClO2/c1-3-8-7-9(12)5-6-10(8)11(13)14-4-2/h7H,3-6H2,1-2H3. The van der Waals surface area contributed by atoms with Crippen LogP contribution in [0, 0.1) is 0 Å². The zero-order chi connectivity index (χ0) is 10.6. The monoisotopic (exact) mass is 214 g/mol. The number of ether oxygens (including phenoxy) is 1. The number of carbonyl (C=O) groups excluding carboxylic acids is 1. The summed E-state index contributed by atoms with van der Waals surface area (Å²) in [6.45, 7) is 4.26. The van der Waals surface area contributed by atoms with Crippen molar-refractivity contribution in [1.82, 2.24) is 0 Å². The lowest BCUT2D eigenvalue weighted by molar-refractivity contribution is -0.138. The quantitative estimate of drug-likeness (QED) is 0.675. The van der Waals surface area contributed by atoms with Gasteiger partial charge in [0.1, 0.15) is 0 Å². The van der Waals surface area contributed by atoms with Crippen molar-refractivity contribution in [3.63, 3.8) is 0 Å². The molecular weight excluding hydrogens is 200 g/mol. The van der Waals surface area contributed by atoms with Gasteiger partial charge in [0, 0.05) is 10.6 Å². The molecule has 0 atom stereocenters. The molecule has 0 aromatic heterocycles. The molecule has 3 heteroatoms. The Hall–Kier alpha value is -0.760. The molecule has 1 aliphatic carbocycles. The van der Waals surface area contributed by atoms with Crippen LogP contribution in [0.25, 0.3) is 0 Å². The van der Waals surface area contributed by atoms with Crippen molar-refractivity contribution >= 4 is 17.6 Å². The Labute approximate surface area is 89.6 Å². The van der Waals surface area contributed by atoms with Gasteiger partial charge in [0.05, 0.1) is 6.61 Å². The third-order valence-corrected chi connectivity index (χ3v) is 2.53. The Morgan fingerprint density at radius 2 is 2.21 bits per heavy atom. The summed E-state index contributed by atoms with van der Waals surface area (Å²) in [6, 6.07) is 0. The van der Waals surface area contributed by atoms with E-state index in [0.29, 0.717) is 13.0 Å². The Morgan fingerprint density at radius 3 is 2.79 bits per heavy atom. The van der Waals surface area contributed by atoms with Gasteiger partial charge in [-0.2, -0.15) is 0 Å². The summed E-state index contributed by atoms with van der Waals surface area (Å²) in [7, 11) is 0. The van der Waals surface area contributed by atoms with E-state index in [1.165, 1.54) is 0 Å². The maximum atomic E-state index is 11.5. The molecule has 0 amide bonds. The van der Waals surface area contributed by atoms with E-state index in [2.05, 4.69) is 0 Å². The first kappa shape index (κ1) is 11.3.